The minimum atomic E-state index is -0.295. The molecular formula is C22H30N2O2S. The van der Waals surface area contributed by atoms with Gasteiger partial charge >= 0.3 is 0 Å². The van der Waals surface area contributed by atoms with Gasteiger partial charge in [-0.05, 0) is 92.9 Å². The van der Waals surface area contributed by atoms with Gasteiger partial charge in [0.15, 0.2) is 0 Å². The average Bonchev–Trinajstić information content (AvgIpc) is 3.32. The molecule has 1 aliphatic heterocycles. The molecule has 1 N–H and O–H groups in total. The molecule has 4 saturated carbocycles. The van der Waals surface area contributed by atoms with Crippen molar-refractivity contribution in [3.8, 4) is 0 Å². The van der Waals surface area contributed by atoms with E-state index < -0.39 is 0 Å². The lowest BCUT2D eigenvalue weighted by atomic mass is 9.48. The molecule has 5 aliphatic rings. The highest BCUT2D eigenvalue weighted by Crippen LogP contribution is 2.61. The number of nitrogens with zero attached hydrogens (tertiary/aromatic N) is 1. The highest BCUT2D eigenvalue weighted by Gasteiger charge is 2.53. The van der Waals surface area contributed by atoms with E-state index >= 15 is 0 Å². The van der Waals surface area contributed by atoms with E-state index in [1.54, 1.807) is 4.90 Å². The van der Waals surface area contributed by atoms with E-state index in [0.29, 0.717) is 12.0 Å². The minimum Gasteiger partial charge on any atom is -0.351 e. The molecule has 0 aromatic carbocycles. The third-order valence-electron chi connectivity index (χ3n) is 7.91. The maximum atomic E-state index is 13.1. The number of hydrogen-bond donors (Lipinski definition) is 1. The Labute approximate surface area is 165 Å². The van der Waals surface area contributed by atoms with Crippen LogP contribution < -0.4 is 5.32 Å². The van der Waals surface area contributed by atoms with Crippen molar-refractivity contribution < 1.29 is 9.59 Å². The van der Waals surface area contributed by atoms with Gasteiger partial charge in [0.1, 0.15) is 6.04 Å². The zero-order valence-electron chi connectivity index (χ0n) is 16.2. The van der Waals surface area contributed by atoms with Crippen molar-refractivity contribution >= 4 is 23.2 Å². The van der Waals surface area contributed by atoms with Crippen LogP contribution in [-0.4, -0.2) is 35.3 Å². The van der Waals surface area contributed by atoms with Crippen LogP contribution in [0.25, 0.3) is 0 Å². The summed E-state index contributed by atoms with van der Waals surface area (Å²) in [6.07, 6.45) is 9.86. The van der Waals surface area contributed by atoms with Gasteiger partial charge in [-0.2, -0.15) is 0 Å². The Morgan fingerprint density at radius 3 is 2.44 bits per heavy atom. The first-order valence-electron chi connectivity index (χ1n) is 10.7. The van der Waals surface area contributed by atoms with Crippen molar-refractivity contribution in [1.29, 1.82) is 0 Å². The Hall–Kier alpha value is -1.36. The molecule has 4 nitrogen and oxygen atoms in total. The van der Waals surface area contributed by atoms with Crippen molar-refractivity contribution in [2.45, 2.75) is 70.4 Å². The molecule has 0 unspecified atom stereocenters. The van der Waals surface area contributed by atoms with Crippen molar-refractivity contribution in [1.82, 2.24) is 10.2 Å². The minimum absolute atomic E-state index is 0.0186. The summed E-state index contributed by atoms with van der Waals surface area (Å²) in [5.74, 6) is 2.75. The Kier molecular flexibility index (Phi) is 4.34. The standard InChI is InChI=1S/C22H30N2O2S/c1-14(22-11-15-8-16(12-22)10-17(9-15)13-22)23-20(25)18-4-2-6-24(18)21(26)19-5-3-7-27-19/h3,5,7,14-18H,2,4,6,8-13H2,1H3,(H,23,25)/t14-,15?,16?,17?,18+,22?/m1/s1. The molecule has 1 aromatic heterocycles. The van der Waals surface area contributed by atoms with Crippen molar-refractivity contribution in [2.75, 3.05) is 6.54 Å². The molecule has 0 radical (unpaired) electrons. The van der Waals surface area contributed by atoms with E-state index in [-0.39, 0.29) is 23.9 Å². The van der Waals surface area contributed by atoms with Gasteiger partial charge < -0.3 is 10.2 Å². The summed E-state index contributed by atoms with van der Waals surface area (Å²) >= 11 is 1.46. The van der Waals surface area contributed by atoms with Crippen molar-refractivity contribution in [2.24, 2.45) is 23.2 Å². The topological polar surface area (TPSA) is 49.4 Å². The van der Waals surface area contributed by atoms with Crippen LogP contribution >= 0.6 is 11.3 Å². The van der Waals surface area contributed by atoms with Gasteiger partial charge in [0.25, 0.3) is 5.91 Å². The van der Waals surface area contributed by atoms with Crippen LogP contribution in [0.2, 0.25) is 0 Å². The summed E-state index contributed by atoms with van der Waals surface area (Å²) in [6.45, 7) is 2.92. The molecule has 146 valence electrons. The van der Waals surface area contributed by atoms with Crippen LogP contribution in [0.4, 0.5) is 0 Å². The fourth-order valence-corrected chi connectivity index (χ4v) is 7.67. The lowest BCUT2D eigenvalue weighted by Crippen LogP contribution is -2.58. The number of rotatable bonds is 4. The van der Waals surface area contributed by atoms with Gasteiger partial charge in [0.2, 0.25) is 5.91 Å². The number of likely N-dealkylation sites (tertiary alicyclic amines) is 1. The number of carbonyl (C=O) groups is 2. The fourth-order valence-electron chi connectivity index (χ4n) is 6.99. The highest BCUT2D eigenvalue weighted by atomic mass is 32.1. The second-order valence-corrected chi connectivity index (χ2v) is 10.6. The first kappa shape index (κ1) is 17.7. The summed E-state index contributed by atoms with van der Waals surface area (Å²) in [5, 5.41) is 5.30. The maximum Gasteiger partial charge on any atom is 0.264 e. The molecule has 5 fully saturated rings. The number of carbonyl (C=O) groups excluding carboxylic acids is 2. The summed E-state index contributed by atoms with van der Waals surface area (Å²) in [7, 11) is 0. The number of nitrogens with one attached hydrogen (secondary N) is 1. The molecular weight excluding hydrogens is 356 g/mol. The first-order valence-corrected chi connectivity index (χ1v) is 11.6. The van der Waals surface area contributed by atoms with E-state index in [9.17, 15) is 9.59 Å². The van der Waals surface area contributed by atoms with Gasteiger partial charge in [-0.25, -0.2) is 0 Å². The SMILES string of the molecule is C[C@@H](NC(=O)[C@@H]1CCCN1C(=O)c1cccs1)C12CC3CC(CC(C3)C1)C2. The normalized spacial score (nSPS) is 38.2. The van der Waals surface area contributed by atoms with Gasteiger partial charge in [-0.3, -0.25) is 9.59 Å². The second-order valence-electron chi connectivity index (χ2n) is 9.64. The molecule has 0 spiro atoms. The molecule has 6 rings (SSSR count). The van der Waals surface area contributed by atoms with E-state index in [2.05, 4.69) is 12.2 Å². The Bertz CT molecular complexity index is 693. The second kappa shape index (κ2) is 6.61. The monoisotopic (exact) mass is 386 g/mol. The van der Waals surface area contributed by atoms with Crippen LogP contribution in [0.5, 0.6) is 0 Å². The molecule has 5 heteroatoms. The zero-order valence-corrected chi connectivity index (χ0v) is 17.0. The maximum absolute atomic E-state index is 13.1. The van der Waals surface area contributed by atoms with Crippen molar-refractivity contribution in [3.05, 3.63) is 22.4 Å². The van der Waals surface area contributed by atoms with Gasteiger partial charge in [0, 0.05) is 12.6 Å². The van der Waals surface area contributed by atoms with Crippen LogP contribution in [0, 0.1) is 23.2 Å². The fraction of sp³-hybridized carbons (Fsp3) is 0.727. The quantitative estimate of drug-likeness (QED) is 0.848. The molecule has 2 atom stereocenters. The zero-order chi connectivity index (χ0) is 18.6. The molecule has 1 saturated heterocycles. The van der Waals surface area contributed by atoms with E-state index in [4.69, 9.17) is 0 Å². The van der Waals surface area contributed by atoms with Crippen molar-refractivity contribution in [3.63, 3.8) is 0 Å². The molecule has 1 aromatic rings. The summed E-state index contributed by atoms with van der Waals surface area (Å²) in [6, 6.07) is 3.69. The largest absolute Gasteiger partial charge is 0.351 e. The summed E-state index contributed by atoms with van der Waals surface area (Å²) < 4.78 is 0. The Morgan fingerprint density at radius 2 is 1.85 bits per heavy atom. The predicted octanol–water partition coefficient (Wildman–Crippen LogP) is 4.07. The molecule has 2 heterocycles. The number of amides is 2. The first-order chi connectivity index (χ1) is 13.0. The van der Waals surface area contributed by atoms with E-state index in [0.717, 1.165) is 35.5 Å². The van der Waals surface area contributed by atoms with Gasteiger partial charge in [-0.15, -0.1) is 11.3 Å². The van der Waals surface area contributed by atoms with E-state index in [1.807, 2.05) is 17.5 Å². The molecule has 27 heavy (non-hydrogen) atoms. The summed E-state index contributed by atoms with van der Waals surface area (Å²) in [4.78, 5) is 28.5. The Morgan fingerprint density at radius 1 is 1.19 bits per heavy atom. The molecule has 2 amide bonds. The van der Waals surface area contributed by atoms with Crippen LogP contribution in [0.1, 0.15) is 68.0 Å². The van der Waals surface area contributed by atoms with Crippen LogP contribution in [-0.2, 0) is 4.79 Å². The molecule has 4 aliphatic carbocycles. The third kappa shape index (κ3) is 3.02. The lowest BCUT2D eigenvalue weighted by Gasteiger charge is -2.59. The lowest BCUT2D eigenvalue weighted by molar-refractivity contribution is -0.129. The Balaban J connectivity index is 1.28. The predicted molar refractivity (Wildman–Crippen MR) is 107 cm³/mol. The van der Waals surface area contributed by atoms with E-state index in [1.165, 1.54) is 49.9 Å². The third-order valence-corrected chi connectivity index (χ3v) is 8.77. The smallest absolute Gasteiger partial charge is 0.264 e. The average molecular weight is 387 g/mol. The highest BCUT2D eigenvalue weighted by molar-refractivity contribution is 7.12. The number of thiophene rings is 1. The molecule has 4 bridgehead atoms. The van der Waals surface area contributed by atoms with Crippen LogP contribution in [0.15, 0.2) is 17.5 Å². The number of hydrogen-bond acceptors (Lipinski definition) is 3. The van der Waals surface area contributed by atoms with Crippen LogP contribution in [0.3, 0.4) is 0 Å². The van der Waals surface area contributed by atoms with Gasteiger partial charge in [0.05, 0.1) is 4.88 Å². The summed E-state index contributed by atoms with van der Waals surface area (Å²) in [5.41, 5.74) is 0.311. The van der Waals surface area contributed by atoms with Gasteiger partial charge in [-0.1, -0.05) is 6.07 Å².